The molecule has 0 bridgehead atoms. The van der Waals surface area contributed by atoms with Crippen LogP contribution in [-0.4, -0.2) is 35.5 Å². The van der Waals surface area contributed by atoms with Crippen LogP contribution in [0.3, 0.4) is 0 Å². The molecule has 4 heteroatoms. The normalized spacial score (nSPS) is 17.1. The average Bonchev–Trinajstić information content (AvgIpc) is 3.14. The molecule has 0 spiro atoms. The van der Waals surface area contributed by atoms with Crippen molar-refractivity contribution in [3.8, 4) is 0 Å². The van der Waals surface area contributed by atoms with Gasteiger partial charge >= 0.3 is 0 Å². The van der Waals surface area contributed by atoms with Crippen molar-refractivity contribution < 1.29 is 9.53 Å². The molecular weight excluding hydrogens is 288 g/mol. The van der Waals surface area contributed by atoms with Crippen molar-refractivity contribution in [3.05, 3.63) is 66.0 Å². The van der Waals surface area contributed by atoms with E-state index >= 15 is 0 Å². The molecule has 1 amide bonds. The number of pyridine rings is 1. The van der Waals surface area contributed by atoms with Gasteiger partial charge in [0.15, 0.2) is 0 Å². The third-order valence-electron chi connectivity index (χ3n) is 4.18. The van der Waals surface area contributed by atoms with Crippen LogP contribution in [0, 0.1) is 5.92 Å². The standard InChI is InChI=1S/C19H22N2O2/c22-19(17-10-13-23-15-17)21(14-18-8-4-5-11-20-18)12-9-16-6-2-1-3-7-16/h1-8,11,17H,9-10,12-15H2. The number of hydrogen-bond donors (Lipinski definition) is 0. The van der Waals surface area contributed by atoms with Crippen LogP contribution in [0.5, 0.6) is 0 Å². The SMILES string of the molecule is O=C(C1CCOC1)N(CCc1ccccc1)Cc1ccccn1. The molecular formula is C19H22N2O2. The summed E-state index contributed by atoms with van der Waals surface area (Å²) >= 11 is 0. The number of hydrogen-bond acceptors (Lipinski definition) is 3. The maximum Gasteiger partial charge on any atom is 0.228 e. The van der Waals surface area contributed by atoms with Crippen LogP contribution >= 0.6 is 0 Å². The van der Waals surface area contributed by atoms with Gasteiger partial charge < -0.3 is 9.64 Å². The van der Waals surface area contributed by atoms with Crippen molar-refractivity contribution in [2.24, 2.45) is 5.92 Å². The van der Waals surface area contributed by atoms with Crippen molar-refractivity contribution in [1.29, 1.82) is 0 Å². The molecule has 1 aromatic carbocycles. The van der Waals surface area contributed by atoms with Crippen molar-refractivity contribution in [2.45, 2.75) is 19.4 Å². The average molecular weight is 310 g/mol. The Bertz CT molecular complexity index is 610. The van der Waals surface area contributed by atoms with E-state index in [1.807, 2.05) is 41.3 Å². The first kappa shape index (κ1) is 15.7. The number of benzene rings is 1. The number of nitrogens with zero attached hydrogens (tertiary/aromatic N) is 2. The maximum absolute atomic E-state index is 12.8. The van der Waals surface area contributed by atoms with Crippen LogP contribution < -0.4 is 0 Å². The Morgan fingerprint density at radius 3 is 2.70 bits per heavy atom. The van der Waals surface area contributed by atoms with Gasteiger partial charge in [0, 0.05) is 19.3 Å². The summed E-state index contributed by atoms with van der Waals surface area (Å²) in [6.45, 7) is 2.49. The summed E-state index contributed by atoms with van der Waals surface area (Å²) in [6.07, 6.45) is 3.45. The summed E-state index contributed by atoms with van der Waals surface area (Å²) in [7, 11) is 0. The second-order valence-corrected chi connectivity index (χ2v) is 5.88. The predicted molar refractivity (Wildman–Crippen MR) is 88.7 cm³/mol. The molecule has 0 aliphatic carbocycles. The minimum atomic E-state index is -0.00511. The van der Waals surface area contributed by atoms with Crippen LogP contribution in [0.2, 0.25) is 0 Å². The topological polar surface area (TPSA) is 42.4 Å². The fourth-order valence-corrected chi connectivity index (χ4v) is 2.85. The molecule has 1 unspecified atom stereocenters. The molecule has 3 rings (SSSR count). The fourth-order valence-electron chi connectivity index (χ4n) is 2.85. The Kier molecular flexibility index (Phi) is 5.37. The number of carbonyl (C=O) groups is 1. The van der Waals surface area contributed by atoms with Crippen molar-refractivity contribution in [1.82, 2.24) is 9.88 Å². The van der Waals surface area contributed by atoms with Gasteiger partial charge in [-0.2, -0.15) is 0 Å². The molecule has 1 aliphatic heterocycles. The van der Waals surface area contributed by atoms with Gasteiger partial charge in [-0.25, -0.2) is 0 Å². The molecule has 1 saturated heterocycles. The van der Waals surface area contributed by atoms with E-state index in [4.69, 9.17) is 4.74 Å². The Balaban J connectivity index is 1.68. The molecule has 1 aliphatic rings. The quantitative estimate of drug-likeness (QED) is 0.824. The van der Waals surface area contributed by atoms with Gasteiger partial charge in [-0.3, -0.25) is 9.78 Å². The van der Waals surface area contributed by atoms with E-state index in [0.29, 0.717) is 26.3 Å². The highest BCUT2D eigenvalue weighted by Gasteiger charge is 2.28. The number of rotatable bonds is 6. The zero-order valence-electron chi connectivity index (χ0n) is 13.2. The second-order valence-electron chi connectivity index (χ2n) is 5.88. The summed E-state index contributed by atoms with van der Waals surface area (Å²) in [5.74, 6) is 0.179. The number of carbonyl (C=O) groups excluding carboxylic acids is 1. The van der Waals surface area contributed by atoms with E-state index in [2.05, 4.69) is 17.1 Å². The first-order valence-corrected chi connectivity index (χ1v) is 8.13. The lowest BCUT2D eigenvalue weighted by molar-refractivity contribution is -0.136. The highest BCUT2D eigenvalue weighted by atomic mass is 16.5. The van der Waals surface area contributed by atoms with E-state index < -0.39 is 0 Å². The fraction of sp³-hybridized carbons (Fsp3) is 0.368. The lowest BCUT2D eigenvalue weighted by Crippen LogP contribution is -2.37. The molecule has 2 heterocycles. The molecule has 120 valence electrons. The predicted octanol–water partition coefficient (Wildman–Crippen LogP) is 2.69. The molecule has 2 aromatic rings. The van der Waals surface area contributed by atoms with Crippen molar-refractivity contribution >= 4 is 5.91 Å². The van der Waals surface area contributed by atoms with E-state index in [-0.39, 0.29) is 11.8 Å². The molecule has 23 heavy (non-hydrogen) atoms. The van der Waals surface area contributed by atoms with Gasteiger partial charge in [0.25, 0.3) is 0 Å². The van der Waals surface area contributed by atoms with Crippen molar-refractivity contribution in [2.75, 3.05) is 19.8 Å². The third kappa shape index (κ3) is 4.39. The monoisotopic (exact) mass is 310 g/mol. The Hall–Kier alpha value is -2.20. The summed E-state index contributed by atoms with van der Waals surface area (Å²) in [4.78, 5) is 19.1. The van der Waals surface area contributed by atoms with Gasteiger partial charge in [-0.15, -0.1) is 0 Å². The van der Waals surface area contributed by atoms with E-state index in [1.165, 1.54) is 5.56 Å². The second kappa shape index (κ2) is 7.88. The largest absolute Gasteiger partial charge is 0.381 e. The lowest BCUT2D eigenvalue weighted by Gasteiger charge is -2.25. The summed E-state index contributed by atoms with van der Waals surface area (Å²) in [6, 6.07) is 16.1. The first-order chi connectivity index (χ1) is 11.3. The number of aromatic nitrogens is 1. The lowest BCUT2D eigenvalue weighted by atomic mass is 10.1. The molecule has 0 radical (unpaired) electrons. The zero-order valence-corrected chi connectivity index (χ0v) is 13.2. The Morgan fingerprint density at radius 1 is 1.17 bits per heavy atom. The molecule has 1 aromatic heterocycles. The third-order valence-corrected chi connectivity index (χ3v) is 4.18. The summed E-state index contributed by atoms with van der Waals surface area (Å²) in [5.41, 5.74) is 2.17. The van der Waals surface area contributed by atoms with E-state index in [9.17, 15) is 4.79 Å². The Morgan fingerprint density at radius 2 is 2.00 bits per heavy atom. The summed E-state index contributed by atoms with van der Waals surface area (Å²) in [5, 5.41) is 0. The van der Waals surface area contributed by atoms with E-state index in [1.54, 1.807) is 6.20 Å². The molecule has 1 fully saturated rings. The molecule has 1 atom stereocenters. The van der Waals surface area contributed by atoms with Gasteiger partial charge in [0.1, 0.15) is 0 Å². The van der Waals surface area contributed by atoms with Gasteiger partial charge in [-0.1, -0.05) is 36.4 Å². The van der Waals surface area contributed by atoms with Crippen molar-refractivity contribution in [3.63, 3.8) is 0 Å². The minimum Gasteiger partial charge on any atom is -0.381 e. The highest BCUT2D eigenvalue weighted by Crippen LogP contribution is 2.17. The Labute approximate surface area is 137 Å². The molecule has 4 nitrogen and oxygen atoms in total. The minimum absolute atomic E-state index is 0.00511. The van der Waals surface area contributed by atoms with Crippen LogP contribution in [0.4, 0.5) is 0 Å². The number of ether oxygens (including phenoxy) is 1. The summed E-state index contributed by atoms with van der Waals surface area (Å²) < 4.78 is 5.38. The first-order valence-electron chi connectivity index (χ1n) is 8.13. The van der Waals surface area contributed by atoms with Crippen LogP contribution in [0.15, 0.2) is 54.7 Å². The zero-order chi connectivity index (χ0) is 15.9. The van der Waals surface area contributed by atoms with E-state index in [0.717, 1.165) is 18.5 Å². The van der Waals surface area contributed by atoms with Crippen LogP contribution in [0.25, 0.3) is 0 Å². The maximum atomic E-state index is 12.8. The molecule has 0 saturated carbocycles. The van der Waals surface area contributed by atoms with Gasteiger partial charge in [-0.05, 0) is 30.5 Å². The smallest absolute Gasteiger partial charge is 0.228 e. The number of amides is 1. The van der Waals surface area contributed by atoms with Crippen LogP contribution in [0.1, 0.15) is 17.7 Å². The van der Waals surface area contributed by atoms with Gasteiger partial charge in [0.2, 0.25) is 5.91 Å². The van der Waals surface area contributed by atoms with Gasteiger partial charge in [0.05, 0.1) is 24.8 Å². The van der Waals surface area contributed by atoms with Crippen LogP contribution in [-0.2, 0) is 22.5 Å². The highest BCUT2D eigenvalue weighted by molar-refractivity contribution is 5.79. The molecule has 0 N–H and O–H groups in total.